The number of halogens is 2. The number of nitrogens with two attached hydrogens (primary N) is 1. The Morgan fingerprint density at radius 2 is 1.89 bits per heavy atom. The van der Waals surface area contributed by atoms with Gasteiger partial charge in [-0.25, -0.2) is 4.39 Å². The van der Waals surface area contributed by atoms with E-state index in [1.807, 2.05) is 30.5 Å². The van der Waals surface area contributed by atoms with E-state index in [-0.39, 0.29) is 0 Å². The van der Waals surface area contributed by atoms with Crippen LogP contribution in [0.25, 0.3) is 0 Å². The summed E-state index contributed by atoms with van der Waals surface area (Å²) in [6.07, 6.45) is 2.00. The molecule has 0 aliphatic rings. The molecule has 2 rings (SSSR count). The maximum atomic E-state index is 13.4. The first-order valence-corrected chi connectivity index (χ1v) is 7.18. The number of ether oxygens (including phenoxy) is 1. The minimum Gasteiger partial charge on any atom is -0.455 e. The maximum Gasteiger partial charge on any atom is 0.153 e. The topological polar surface area (TPSA) is 35.2 Å². The third-order valence-corrected chi connectivity index (χ3v) is 3.69. The van der Waals surface area contributed by atoms with Gasteiger partial charge >= 0.3 is 0 Å². The molecule has 0 aliphatic heterocycles. The Balaban J connectivity index is 2.25. The lowest BCUT2D eigenvalue weighted by molar-refractivity contribution is 0.478. The van der Waals surface area contributed by atoms with E-state index in [1.54, 1.807) is 11.8 Å². The summed E-state index contributed by atoms with van der Waals surface area (Å²) in [6, 6.07) is 10.3. The molecule has 0 heterocycles. The number of anilines is 1. The molecule has 0 aliphatic carbocycles. The van der Waals surface area contributed by atoms with Crippen molar-refractivity contribution >= 4 is 33.4 Å². The maximum absolute atomic E-state index is 13.4. The van der Waals surface area contributed by atoms with Gasteiger partial charge in [-0.3, -0.25) is 0 Å². The van der Waals surface area contributed by atoms with Gasteiger partial charge in [0.15, 0.2) is 5.75 Å². The van der Waals surface area contributed by atoms with Gasteiger partial charge < -0.3 is 10.5 Å². The van der Waals surface area contributed by atoms with E-state index in [4.69, 9.17) is 10.5 Å². The molecule has 0 atom stereocenters. The molecule has 0 aromatic heterocycles. The van der Waals surface area contributed by atoms with Crippen molar-refractivity contribution in [2.45, 2.75) is 4.90 Å². The summed E-state index contributed by atoms with van der Waals surface area (Å²) in [6.45, 7) is 0. The Bertz CT molecular complexity index is 560. The fourth-order valence-electron chi connectivity index (χ4n) is 1.40. The van der Waals surface area contributed by atoms with E-state index < -0.39 is 5.82 Å². The Labute approximate surface area is 117 Å². The molecule has 0 bridgehead atoms. The van der Waals surface area contributed by atoms with Gasteiger partial charge in [0.25, 0.3) is 0 Å². The quantitative estimate of drug-likeness (QED) is 0.656. The van der Waals surface area contributed by atoms with Crippen molar-refractivity contribution in [3.05, 3.63) is 46.7 Å². The third kappa shape index (κ3) is 2.97. The van der Waals surface area contributed by atoms with Crippen LogP contribution in [0.2, 0.25) is 0 Å². The molecular formula is C13H11BrFNOS. The first kappa shape index (κ1) is 13.2. The molecule has 0 saturated heterocycles. The van der Waals surface area contributed by atoms with E-state index in [2.05, 4.69) is 15.9 Å². The van der Waals surface area contributed by atoms with Crippen LogP contribution in [0, 0.1) is 5.82 Å². The van der Waals surface area contributed by atoms with Crippen molar-refractivity contribution in [2.75, 3.05) is 12.0 Å². The lowest BCUT2D eigenvalue weighted by Gasteiger charge is -2.09. The van der Waals surface area contributed by atoms with E-state index in [9.17, 15) is 4.39 Å². The van der Waals surface area contributed by atoms with Gasteiger partial charge in [0, 0.05) is 11.0 Å². The Hall–Kier alpha value is -1.20. The van der Waals surface area contributed by atoms with Gasteiger partial charge in [-0.2, -0.15) is 0 Å². The van der Waals surface area contributed by atoms with Gasteiger partial charge in [0.05, 0.1) is 10.2 Å². The number of thioether (sulfide) groups is 1. The Morgan fingerprint density at radius 1 is 1.22 bits per heavy atom. The predicted molar refractivity (Wildman–Crippen MR) is 76.8 cm³/mol. The van der Waals surface area contributed by atoms with Crippen molar-refractivity contribution in [3.63, 3.8) is 0 Å². The molecule has 5 heteroatoms. The lowest BCUT2D eigenvalue weighted by atomic mass is 10.3. The van der Waals surface area contributed by atoms with Crippen molar-refractivity contribution in [1.82, 2.24) is 0 Å². The van der Waals surface area contributed by atoms with Gasteiger partial charge in [0.2, 0.25) is 0 Å². The highest BCUT2D eigenvalue weighted by Gasteiger charge is 2.08. The standard InChI is InChI=1S/C13H11BrFNOS/c1-18-9-4-2-8(3-5-9)17-13-7-11(15)10(14)6-12(13)16/h2-7H,16H2,1H3. The number of rotatable bonds is 3. The van der Waals surface area contributed by atoms with Gasteiger partial charge in [-0.15, -0.1) is 11.8 Å². The van der Waals surface area contributed by atoms with Crippen molar-refractivity contribution in [1.29, 1.82) is 0 Å². The largest absolute Gasteiger partial charge is 0.455 e. The Morgan fingerprint density at radius 3 is 2.50 bits per heavy atom. The van der Waals surface area contributed by atoms with Crippen LogP contribution in [-0.2, 0) is 0 Å². The van der Waals surface area contributed by atoms with E-state index >= 15 is 0 Å². The first-order chi connectivity index (χ1) is 8.60. The summed E-state index contributed by atoms with van der Waals surface area (Å²) in [7, 11) is 0. The van der Waals surface area contributed by atoms with Crippen LogP contribution in [-0.4, -0.2) is 6.26 Å². The summed E-state index contributed by atoms with van der Waals surface area (Å²) >= 11 is 4.72. The summed E-state index contributed by atoms with van der Waals surface area (Å²) in [5.41, 5.74) is 6.15. The molecule has 0 fully saturated rings. The normalized spacial score (nSPS) is 10.4. The molecule has 0 amide bonds. The summed E-state index contributed by atoms with van der Waals surface area (Å²) in [5, 5.41) is 0. The number of hydrogen-bond acceptors (Lipinski definition) is 3. The fraction of sp³-hybridized carbons (Fsp3) is 0.0769. The van der Waals surface area contributed by atoms with Crippen LogP contribution in [0.5, 0.6) is 11.5 Å². The summed E-state index contributed by atoms with van der Waals surface area (Å²) in [4.78, 5) is 1.14. The zero-order valence-corrected chi connectivity index (χ0v) is 12.0. The molecule has 2 nitrogen and oxygen atoms in total. The molecule has 0 spiro atoms. The lowest BCUT2D eigenvalue weighted by Crippen LogP contribution is -1.94. The zero-order valence-electron chi connectivity index (χ0n) is 9.61. The van der Waals surface area contributed by atoms with Gasteiger partial charge in [0.1, 0.15) is 11.6 Å². The average Bonchev–Trinajstić information content (AvgIpc) is 2.37. The highest BCUT2D eigenvalue weighted by Crippen LogP contribution is 2.32. The second-order valence-corrected chi connectivity index (χ2v) is 5.32. The van der Waals surface area contributed by atoms with Crippen LogP contribution in [0.1, 0.15) is 0 Å². The van der Waals surface area contributed by atoms with Gasteiger partial charge in [-0.05, 0) is 52.5 Å². The van der Waals surface area contributed by atoms with E-state index in [1.165, 1.54) is 12.1 Å². The molecule has 0 radical (unpaired) electrons. The van der Waals surface area contributed by atoms with Crippen LogP contribution < -0.4 is 10.5 Å². The number of hydrogen-bond donors (Lipinski definition) is 1. The molecule has 0 saturated carbocycles. The van der Waals surface area contributed by atoms with Gasteiger partial charge in [-0.1, -0.05) is 0 Å². The van der Waals surface area contributed by atoms with Crippen LogP contribution in [0.3, 0.4) is 0 Å². The van der Waals surface area contributed by atoms with Crippen molar-refractivity contribution in [3.8, 4) is 11.5 Å². The minimum absolute atomic E-state index is 0.313. The SMILES string of the molecule is CSc1ccc(Oc2cc(F)c(Br)cc2N)cc1. The number of benzene rings is 2. The fourth-order valence-corrected chi connectivity index (χ4v) is 2.17. The van der Waals surface area contributed by atoms with Crippen LogP contribution >= 0.6 is 27.7 Å². The monoisotopic (exact) mass is 327 g/mol. The van der Waals surface area contributed by atoms with Crippen molar-refractivity contribution in [2.24, 2.45) is 0 Å². The molecule has 2 N–H and O–H groups in total. The first-order valence-electron chi connectivity index (χ1n) is 5.16. The second kappa shape index (κ2) is 5.63. The molecule has 2 aromatic carbocycles. The third-order valence-electron chi connectivity index (χ3n) is 2.34. The van der Waals surface area contributed by atoms with E-state index in [0.717, 1.165) is 4.90 Å². The molecule has 0 unspecified atom stereocenters. The smallest absolute Gasteiger partial charge is 0.153 e. The minimum atomic E-state index is -0.403. The summed E-state index contributed by atoms with van der Waals surface area (Å²) < 4.78 is 19.3. The highest BCUT2D eigenvalue weighted by molar-refractivity contribution is 9.10. The highest BCUT2D eigenvalue weighted by atomic mass is 79.9. The summed E-state index contributed by atoms with van der Waals surface area (Å²) in [5.74, 6) is 0.536. The average molecular weight is 328 g/mol. The molecule has 18 heavy (non-hydrogen) atoms. The molecule has 2 aromatic rings. The molecule has 94 valence electrons. The van der Waals surface area contributed by atoms with Crippen LogP contribution in [0.4, 0.5) is 10.1 Å². The van der Waals surface area contributed by atoms with E-state index in [0.29, 0.717) is 21.7 Å². The number of nitrogen functional groups attached to an aromatic ring is 1. The zero-order chi connectivity index (χ0) is 13.1. The van der Waals surface area contributed by atoms with Crippen molar-refractivity contribution < 1.29 is 9.13 Å². The molecular weight excluding hydrogens is 317 g/mol. The predicted octanol–water partition coefficient (Wildman–Crippen LogP) is 4.68. The van der Waals surface area contributed by atoms with Crippen LogP contribution in [0.15, 0.2) is 45.8 Å². The Kier molecular flexibility index (Phi) is 4.14. The second-order valence-electron chi connectivity index (χ2n) is 3.58.